The zero-order valence-electron chi connectivity index (χ0n) is 13.7. The Morgan fingerprint density at radius 2 is 2.17 bits per heavy atom. The van der Waals surface area contributed by atoms with Gasteiger partial charge in [-0.2, -0.15) is 0 Å². The minimum atomic E-state index is -0.258. The molecule has 1 aliphatic carbocycles. The van der Waals surface area contributed by atoms with Crippen LogP contribution in [0.4, 0.5) is 0 Å². The Labute approximate surface area is 141 Å². The van der Waals surface area contributed by atoms with Gasteiger partial charge in [0, 0.05) is 24.5 Å². The van der Waals surface area contributed by atoms with E-state index in [1.54, 1.807) is 16.3 Å². The molecule has 2 heterocycles. The lowest BCUT2D eigenvalue weighted by molar-refractivity contribution is 0.0918. The minimum absolute atomic E-state index is 0.185. The van der Waals surface area contributed by atoms with Gasteiger partial charge in [-0.3, -0.25) is 14.2 Å². The Morgan fingerprint density at radius 1 is 1.39 bits per heavy atom. The fraction of sp³-hybridized carbons (Fsp3) is 0.706. The molecule has 1 aromatic heterocycles. The molecule has 0 saturated heterocycles. The first-order valence-corrected chi connectivity index (χ1v) is 9.71. The monoisotopic (exact) mass is 335 g/mol. The predicted octanol–water partition coefficient (Wildman–Crippen LogP) is 2.83. The summed E-state index contributed by atoms with van der Waals surface area (Å²) in [5.41, 5.74) is -0.0153. The third-order valence-electron chi connectivity index (χ3n) is 4.95. The van der Waals surface area contributed by atoms with Crippen LogP contribution in [0.3, 0.4) is 0 Å². The van der Waals surface area contributed by atoms with Gasteiger partial charge in [0.2, 0.25) is 0 Å². The normalized spacial score (nSPS) is 23.5. The highest BCUT2D eigenvalue weighted by Gasteiger charge is 2.25. The van der Waals surface area contributed by atoms with Gasteiger partial charge in [0.05, 0.1) is 0 Å². The molecule has 0 aromatic carbocycles. The average Bonchev–Trinajstić information content (AvgIpc) is 3.04. The molecule has 126 valence electrons. The Bertz CT molecular complexity index is 621. The highest BCUT2D eigenvalue weighted by Crippen LogP contribution is 2.28. The number of nitrogens with zero attached hydrogens (tertiary/aromatic N) is 2. The van der Waals surface area contributed by atoms with Crippen LogP contribution >= 0.6 is 11.8 Å². The van der Waals surface area contributed by atoms with Crippen LogP contribution in [0.15, 0.2) is 16.1 Å². The van der Waals surface area contributed by atoms with Gasteiger partial charge in [-0.05, 0) is 31.6 Å². The predicted molar refractivity (Wildman–Crippen MR) is 92.0 cm³/mol. The number of fused-ring (bicyclic) bond motifs is 1. The van der Waals surface area contributed by atoms with Crippen LogP contribution in [-0.2, 0) is 6.54 Å². The summed E-state index contributed by atoms with van der Waals surface area (Å²) in [4.78, 5) is 29.0. The van der Waals surface area contributed by atoms with Crippen molar-refractivity contribution in [2.24, 2.45) is 5.92 Å². The number of rotatable bonds is 5. The maximum absolute atomic E-state index is 12.4. The molecule has 6 heteroatoms. The number of thioether (sulfide) groups is 1. The van der Waals surface area contributed by atoms with Gasteiger partial charge < -0.3 is 5.32 Å². The molecule has 23 heavy (non-hydrogen) atoms. The van der Waals surface area contributed by atoms with E-state index in [0.717, 1.165) is 29.7 Å². The van der Waals surface area contributed by atoms with Gasteiger partial charge in [-0.25, -0.2) is 4.98 Å². The molecule has 5 nitrogen and oxygen atoms in total. The first-order chi connectivity index (χ1) is 11.2. The van der Waals surface area contributed by atoms with Gasteiger partial charge in [-0.1, -0.05) is 37.9 Å². The van der Waals surface area contributed by atoms with Gasteiger partial charge in [0.15, 0.2) is 5.16 Å². The van der Waals surface area contributed by atoms with E-state index in [1.807, 2.05) is 0 Å². The average molecular weight is 335 g/mol. The Hall–Kier alpha value is -1.30. The minimum Gasteiger partial charge on any atom is -0.349 e. The lowest BCUT2D eigenvalue weighted by Crippen LogP contribution is -2.41. The summed E-state index contributed by atoms with van der Waals surface area (Å²) in [6, 6.07) is 0.201. The number of carbonyl (C=O) groups is 1. The summed E-state index contributed by atoms with van der Waals surface area (Å²) in [5.74, 6) is 1.41. The highest BCUT2D eigenvalue weighted by molar-refractivity contribution is 7.99. The first-order valence-electron chi connectivity index (χ1n) is 8.72. The maximum Gasteiger partial charge on any atom is 0.267 e. The summed E-state index contributed by atoms with van der Waals surface area (Å²) >= 11 is 1.56. The fourth-order valence-electron chi connectivity index (χ4n) is 3.52. The second kappa shape index (κ2) is 7.51. The van der Waals surface area contributed by atoms with Crippen molar-refractivity contribution in [3.8, 4) is 0 Å². The van der Waals surface area contributed by atoms with Crippen molar-refractivity contribution in [1.82, 2.24) is 14.9 Å². The summed E-state index contributed by atoms with van der Waals surface area (Å²) in [5, 5.41) is 3.77. The van der Waals surface area contributed by atoms with Crippen molar-refractivity contribution < 1.29 is 4.79 Å². The number of hydrogen-bond donors (Lipinski definition) is 1. The molecule has 3 rings (SSSR count). The second-order valence-corrected chi connectivity index (χ2v) is 7.66. The van der Waals surface area contributed by atoms with E-state index in [1.165, 1.54) is 38.3 Å². The molecule has 2 aliphatic rings. The van der Waals surface area contributed by atoms with Crippen molar-refractivity contribution in [3.05, 3.63) is 22.1 Å². The van der Waals surface area contributed by atoms with Crippen LogP contribution in [0, 0.1) is 5.92 Å². The van der Waals surface area contributed by atoms with Gasteiger partial charge in [0.25, 0.3) is 11.5 Å². The summed E-state index contributed by atoms with van der Waals surface area (Å²) in [6.45, 7) is 2.88. The lowest BCUT2D eigenvalue weighted by Gasteiger charge is -2.29. The zero-order valence-corrected chi connectivity index (χ0v) is 14.5. The zero-order chi connectivity index (χ0) is 16.2. The van der Waals surface area contributed by atoms with Crippen molar-refractivity contribution in [1.29, 1.82) is 0 Å². The number of hydrogen-bond acceptors (Lipinski definition) is 4. The smallest absolute Gasteiger partial charge is 0.267 e. The summed E-state index contributed by atoms with van der Waals surface area (Å²) in [6.07, 6.45) is 9.72. The molecule has 0 radical (unpaired) electrons. The van der Waals surface area contributed by atoms with Crippen molar-refractivity contribution >= 4 is 17.7 Å². The SMILES string of the molecule is CCCCC1CCC(NC(=O)c2cnc3n(c2=O)CCS3)CC1. The molecule has 0 unspecified atom stereocenters. The van der Waals surface area contributed by atoms with E-state index >= 15 is 0 Å². The highest BCUT2D eigenvalue weighted by atomic mass is 32.2. The van der Waals surface area contributed by atoms with E-state index in [4.69, 9.17) is 0 Å². The molecule has 0 atom stereocenters. The van der Waals surface area contributed by atoms with Gasteiger partial charge in [0.1, 0.15) is 5.56 Å². The largest absolute Gasteiger partial charge is 0.349 e. The number of aromatic nitrogens is 2. The van der Waals surface area contributed by atoms with Crippen molar-refractivity contribution in [2.45, 2.75) is 69.6 Å². The number of amides is 1. The molecular weight excluding hydrogens is 310 g/mol. The van der Waals surface area contributed by atoms with E-state index in [0.29, 0.717) is 6.54 Å². The van der Waals surface area contributed by atoms with Crippen LogP contribution in [0.1, 0.15) is 62.2 Å². The quantitative estimate of drug-likeness (QED) is 0.841. The Balaban J connectivity index is 1.57. The van der Waals surface area contributed by atoms with Crippen LogP contribution < -0.4 is 10.9 Å². The van der Waals surface area contributed by atoms with Crippen molar-refractivity contribution in [2.75, 3.05) is 5.75 Å². The molecule has 1 aromatic rings. The van der Waals surface area contributed by atoms with Crippen LogP contribution in [0.2, 0.25) is 0 Å². The molecule has 1 N–H and O–H groups in total. The number of unbranched alkanes of at least 4 members (excludes halogenated alkanes) is 1. The van der Waals surface area contributed by atoms with E-state index in [9.17, 15) is 9.59 Å². The van der Waals surface area contributed by atoms with Gasteiger partial charge in [-0.15, -0.1) is 0 Å². The third-order valence-corrected chi connectivity index (χ3v) is 5.92. The van der Waals surface area contributed by atoms with Crippen LogP contribution in [0.5, 0.6) is 0 Å². The maximum atomic E-state index is 12.4. The molecule has 0 bridgehead atoms. The molecule has 1 saturated carbocycles. The topological polar surface area (TPSA) is 64.0 Å². The molecule has 1 aliphatic heterocycles. The van der Waals surface area contributed by atoms with Crippen LogP contribution in [-0.4, -0.2) is 27.3 Å². The lowest BCUT2D eigenvalue weighted by atomic mass is 9.83. The Morgan fingerprint density at radius 3 is 2.91 bits per heavy atom. The fourth-order valence-corrected chi connectivity index (χ4v) is 4.44. The first kappa shape index (κ1) is 16.6. The number of nitrogens with one attached hydrogen (secondary N) is 1. The van der Waals surface area contributed by atoms with Crippen molar-refractivity contribution in [3.63, 3.8) is 0 Å². The standard InChI is InChI=1S/C17H25N3O2S/c1-2-3-4-12-5-7-13(8-6-12)19-15(21)14-11-18-17-20(16(14)22)9-10-23-17/h11-13H,2-10H2,1H3,(H,19,21). The second-order valence-electron chi connectivity index (χ2n) is 6.59. The molecule has 1 fully saturated rings. The van der Waals surface area contributed by atoms with Gasteiger partial charge >= 0.3 is 0 Å². The van der Waals surface area contributed by atoms with Crippen LogP contribution in [0.25, 0.3) is 0 Å². The molecular formula is C17H25N3O2S. The van der Waals surface area contributed by atoms with E-state index in [-0.39, 0.29) is 23.1 Å². The number of carbonyl (C=O) groups excluding carboxylic acids is 1. The molecule has 0 spiro atoms. The van der Waals surface area contributed by atoms with E-state index < -0.39 is 0 Å². The molecule has 1 amide bonds. The summed E-state index contributed by atoms with van der Waals surface area (Å²) in [7, 11) is 0. The third kappa shape index (κ3) is 3.79. The van der Waals surface area contributed by atoms with E-state index in [2.05, 4.69) is 17.2 Å². The summed E-state index contributed by atoms with van der Waals surface area (Å²) < 4.78 is 1.61. The Kier molecular flexibility index (Phi) is 5.41.